The maximum Gasteiger partial charge on any atom is 0.308 e. The fraction of sp³-hybridized carbons (Fsp3) is 0.500. The number of rotatable bonds is 4. The molecule has 2 aliphatic rings. The third kappa shape index (κ3) is 3.19. The number of para-hydroxylation sites is 1. The summed E-state index contributed by atoms with van der Waals surface area (Å²) in [4.78, 5) is 0. The Morgan fingerprint density at radius 3 is 2.41 bits per heavy atom. The molecule has 1 fully saturated rings. The Labute approximate surface area is 132 Å². The van der Waals surface area contributed by atoms with Gasteiger partial charge in [-0.1, -0.05) is 24.3 Å². The van der Waals surface area contributed by atoms with Gasteiger partial charge >= 0.3 is 10.2 Å². The summed E-state index contributed by atoms with van der Waals surface area (Å²) in [5.74, 6) is 0. The number of benzene rings is 1. The van der Waals surface area contributed by atoms with E-state index in [0.29, 0.717) is 32.0 Å². The van der Waals surface area contributed by atoms with Crippen LogP contribution in [0.15, 0.2) is 42.1 Å². The fourth-order valence-corrected chi connectivity index (χ4v) is 4.60. The van der Waals surface area contributed by atoms with Gasteiger partial charge in [-0.3, -0.25) is 0 Å². The first-order valence-electron chi connectivity index (χ1n) is 7.82. The van der Waals surface area contributed by atoms with E-state index >= 15 is 0 Å². The van der Waals surface area contributed by atoms with Gasteiger partial charge in [0.25, 0.3) is 0 Å². The average molecular weight is 322 g/mol. The summed E-state index contributed by atoms with van der Waals surface area (Å²) < 4.78 is 34.6. The lowest BCUT2D eigenvalue weighted by atomic mass is 10.0. The Balaban J connectivity index is 1.99. The molecule has 5 nitrogen and oxygen atoms in total. The predicted molar refractivity (Wildman–Crippen MR) is 86.8 cm³/mol. The van der Waals surface area contributed by atoms with Crippen LogP contribution >= 0.6 is 0 Å². The van der Waals surface area contributed by atoms with Crippen molar-refractivity contribution < 1.29 is 13.2 Å². The molecule has 0 unspecified atom stereocenters. The number of anilines is 1. The topological polar surface area (TPSA) is 49.9 Å². The molecule has 0 atom stereocenters. The molecule has 0 N–H and O–H groups in total. The highest BCUT2D eigenvalue weighted by atomic mass is 32.2. The molecular formula is C16H22N2O3S. The number of hydrogen-bond donors (Lipinski definition) is 0. The van der Waals surface area contributed by atoms with E-state index in [2.05, 4.69) is 6.08 Å². The van der Waals surface area contributed by atoms with Gasteiger partial charge in [0, 0.05) is 18.8 Å². The average Bonchev–Trinajstić information content (AvgIpc) is 2.58. The van der Waals surface area contributed by atoms with Crippen LogP contribution in [0, 0.1) is 0 Å². The van der Waals surface area contributed by atoms with Gasteiger partial charge in [-0.05, 0) is 37.8 Å². The van der Waals surface area contributed by atoms with Crippen LogP contribution in [0.5, 0.6) is 0 Å². The molecule has 1 aliphatic heterocycles. The van der Waals surface area contributed by atoms with Crippen LogP contribution in [0.2, 0.25) is 0 Å². The Bertz CT molecular complexity index is 622. The summed E-state index contributed by atoms with van der Waals surface area (Å²) >= 11 is 0. The Kier molecular flexibility index (Phi) is 4.81. The van der Waals surface area contributed by atoms with Gasteiger partial charge < -0.3 is 4.74 Å². The van der Waals surface area contributed by atoms with Crippen LogP contribution in [0.1, 0.15) is 25.7 Å². The van der Waals surface area contributed by atoms with Crippen molar-refractivity contribution in [2.45, 2.75) is 25.7 Å². The van der Waals surface area contributed by atoms with Gasteiger partial charge in [-0.2, -0.15) is 12.7 Å². The number of hydrogen-bond acceptors (Lipinski definition) is 3. The Hall–Kier alpha value is -1.37. The highest BCUT2D eigenvalue weighted by Crippen LogP contribution is 2.31. The quantitative estimate of drug-likeness (QED) is 0.856. The van der Waals surface area contributed by atoms with Crippen molar-refractivity contribution in [2.24, 2.45) is 0 Å². The molecule has 0 radical (unpaired) electrons. The molecule has 3 rings (SSSR count). The van der Waals surface area contributed by atoms with E-state index in [1.54, 1.807) is 0 Å². The van der Waals surface area contributed by atoms with Crippen molar-refractivity contribution in [3.8, 4) is 0 Å². The standard InChI is InChI=1S/C16H22N2O3S/c19-22(20,17-11-13-21-14-12-17)18(15-7-3-1-4-8-15)16-9-5-2-6-10-16/h1,3-4,7-9H,2,5-6,10-14H2. The first-order chi connectivity index (χ1) is 10.7. The van der Waals surface area contributed by atoms with Gasteiger partial charge in [0.05, 0.1) is 18.9 Å². The van der Waals surface area contributed by atoms with E-state index in [1.165, 1.54) is 8.61 Å². The summed E-state index contributed by atoms with van der Waals surface area (Å²) in [7, 11) is -3.56. The molecule has 0 aromatic heterocycles. The highest BCUT2D eigenvalue weighted by Gasteiger charge is 2.33. The molecule has 1 heterocycles. The molecule has 22 heavy (non-hydrogen) atoms. The molecular weight excluding hydrogens is 300 g/mol. The van der Waals surface area contributed by atoms with Crippen LogP contribution in [-0.2, 0) is 14.9 Å². The molecule has 120 valence electrons. The lowest BCUT2D eigenvalue weighted by Gasteiger charge is -2.35. The number of ether oxygens (including phenoxy) is 1. The number of nitrogens with zero attached hydrogens (tertiary/aromatic N) is 2. The summed E-state index contributed by atoms with van der Waals surface area (Å²) in [6.07, 6.45) is 5.97. The molecule has 0 bridgehead atoms. The SMILES string of the molecule is O=S(=O)(N1CCOCC1)N(C1=CCCCC1)c1ccccc1. The highest BCUT2D eigenvalue weighted by molar-refractivity contribution is 7.90. The normalized spacial score (nSPS) is 20.5. The van der Waals surface area contributed by atoms with E-state index in [9.17, 15) is 8.42 Å². The zero-order valence-electron chi connectivity index (χ0n) is 12.6. The van der Waals surface area contributed by atoms with Crippen molar-refractivity contribution in [1.29, 1.82) is 0 Å². The third-order valence-electron chi connectivity index (χ3n) is 4.05. The second kappa shape index (κ2) is 6.81. The minimum atomic E-state index is -3.56. The monoisotopic (exact) mass is 322 g/mol. The van der Waals surface area contributed by atoms with Crippen LogP contribution in [0.4, 0.5) is 5.69 Å². The smallest absolute Gasteiger partial charge is 0.308 e. The lowest BCUT2D eigenvalue weighted by Crippen LogP contribution is -2.48. The summed E-state index contributed by atoms with van der Waals surface area (Å²) in [5, 5.41) is 0. The first kappa shape index (κ1) is 15.5. The molecule has 0 amide bonds. The minimum Gasteiger partial charge on any atom is -0.379 e. The molecule has 1 saturated heterocycles. The molecule has 6 heteroatoms. The molecule has 0 saturated carbocycles. The van der Waals surface area contributed by atoms with Gasteiger partial charge in [0.15, 0.2) is 0 Å². The fourth-order valence-electron chi connectivity index (χ4n) is 2.91. The number of allylic oxidation sites excluding steroid dienone is 2. The summed E-state index contributed by atoms with van der Waals surface area (Å²) in [6, 6.07) is 9.36. The minimum absolute atomic E-state index is 0.416. The zero-order valence-corrected chi connectivity index (χ0v) is 13.5. The van der Waals surface area contributed by atoms with Crippen molar-refractivity contribution in [2.75, 3.05) is 30.6 Å². The molecule has 1 aromatic carbocycles. The summed E-state index contributed by atoms with van der Waals surface area (Å²) in [5.41, 5.74) is 1.60. The third-order valence-corrected chi connectivity index (χ3v) is 5.97. The van der Waals surface area contributed by atoms with Crippen molar-refractivity contribution in [3.05, 3.63) is 42.1 Å². The first-order valence-corrected chi connectivity index (χ1v) is 9.21. The van der Waals surface area contributed by atoms with Gasteiger partial charge in [-0.15, -0.1) is 0 Å². The Morgan fingerprint density at radius 1 is 1.05 bits per heavy atom. The van der Waals surface area contributed by atoms with E-state index in [-0.39, 0.29) is 0 Å². The largest absolute Gasteiger partial charge is 0.379 e. The van der Waals surface area contributed by atoms with Crippen molar-refractivity contribution >= 4 is 15.9 Å². The van der Waals surface area contributed by atoms with Crippen molar-refractivity contribution in [1.82, 2.24) is 4.31 Å². The van der Waals surface area contributed by atoms with E-state index < -0.39 is 10.2 Å². The molecule has 0 spiro atoms. The summed E-state index contributed by atoms with van der Waals surface area (Å²) in [6.45, 7) is 1.75. The second-order valence-corrected chi connectivity index (χ2v) is 7.34. The predicted octanol–water partition coefficient (Wildman–Crippen LogP) is 2.53. The second-order valence-electron chi connectivity index (χ2n) is 5.56. The number of morpholine rings is 1. The van der Waals surface area contributed by atoms with E-state index in [0.717, 1.165) is 31.4 Å². The zero-order chi connectivity index (χ0) is 15.4. The maximum atomic E-state index is 13.1. The van der Waals surface area contributed by atoms with Crippen LogP contribution < -0.4 is 4.31 Å². The van der Waals surface area contributed by atoms with Gasteiger partial charge in [0.1, 0.15) is 0 Å². The Morgan fingerprint density at radius 2 is 1.77 bits per heavy atom. The van der Waals surface area contributed by atoms with Crippen LogP contribution in [0.3, 0.4) is 0 Å². The lowest BCUT2D eigenvalue weighted by molar-refractivity contribution is 0.0730. The molecule has 1 aliphatic carbocycles. The van der Waals surface area contributed by atoms with Crippen molar-refractivity contribution in [3.63, 3.8) is 0 Å². The maximum absolute atomic E-state index is 13.1. The van der Waals surface area contributed by atoms with Gasteiger partial charge in [-0.25, -0.2) is 4.31 Å². The molecule has 1 aromatic rings. The van der Waals surface area contributed by atoms with Crippen LogP contribution in [0.25, 0.3) is 0 Å². The van der Waals surface area contributed by atoms with E-state index in [1.807, 2.05) is 30.3 Å². The van der Waals surface area contributed by atoms with E-state index in [4.69, 9.17) is 4.74 Å². The van der Waals surface area contributed by atoms with Gasteiger partial charge in [0.2, 0.25) is 0 Å². The van der Waals surface area contributed by atoms with Crippen LogP contribution in [-0.4, -0.2) is 39.0 Å².